The van der Waals surface area contributed by atoms with E-state index >= 15 is 0 Å². The SMILES string of the molecule is CC(CNc1ccccc1)OC(C(F)(F)F)C(F)(F)F. The number of hydrogen-bond acceptors (Lipinski definition) is 2. The molecule has 0 aromatic heterocycles. The van der Waals surface area contributed by atoms with Gasteiger partial charge >= 0.3 is 12.4 Å². The number of hydrogen-bond donors (Lipinski definition) is 1. The molecule has 1 atom stereocenters. The number of benzene rings is 1. The molecule has 1 unspecified atom stereocenters. The smallest absolute Gasteiger partial charge is 0.382 e. The summed E-state index contributed by atoms with van der Waals surface area (Å²) in [5.41, 5.74) is 0.582. The first-order valence-corrected chi connectivity index (χ1v) is 5.68. The molecule has 0 saturated heterocycles. The summed E-state index contributed by atoms with van der Waals surface area (Å²) in [4.78, 5) is 0. The van der Waals surface area contributed by atoms with Gasteiger partial charge in [0.1, 0.15) is 0 Å². The molecule has 1 rings (SSSR count). The van der Waals surface area contributed by atoms with Crippen LogP contribution in [0, 0.1) is 0 Å². The zero-order valence-corrected chi connectivity index (χ0v) is 10.4. The number of halogens is 6. The fraction of sp³-hybridized carbons (Fsp3) is 0.500. The van der Waals surface area contributed by atoms with Crippen molar-refractivity contribution in [3.63, 3.8) is 0 Å². The van der Waals surface area contributed by atoms with Crippen LogP contribution < -0.4 is 5.32 Å². The van der Waals surface area contributed by atoms with E-state index in [1.807, 2.05) is 0 Å². The number of alkyl halides is 6. The van der Waals surface area contributed by atoms with Gasteiger partial charge in [-0.3, -0.25) is 0 Å². The van der Waals surface area contributed by atoms with Crippen molar-refractivity contribution in [1.29, 1.82) is 0 Å². The van der Waals surface area contributed by atoms with Gasteiger partial charge in [0.15, 0.2) is 0 Å². The minimum Gasteiger partial charge on any atom is -0.382 e. The van der Waals surface area contributed by atoms with Crippen molar-refractivity contribution in [1.82, 2.24) is 0 Å². The van der Waals surface area contributed by atoms with Gasteiger partial charge in [-0.05, 0) is 19.1 Å². The van der Waals surface area contributed by atoms with Crippen LogP contribution in [-0.4, -0.2) is 31.1 Å². The predicted molar refractivity (Wildman–Crippen MR) is 61.4 cm³/mol. The molecule has 0 saturated carbocycles. The molecule has 1 N–H and O–H groups in total. The van der Waals surface area contributed by atoms with E-state index in [0.29, 0.717) is 5.69 Å². The van der Waals surface area contributed by atoms with Crippen molar-refractivity contribution < 1.29 is 31.1 Å². The van der Waals surface area contributed by atoms with Crippen molar-refractivity contribution in [2.24, 2.45) is 0 Å². The highest BCUT2D eigenvalue weighted by atomic mass is 19.4. The number of nitrogens with one attached hydrogen (secondary N) is 1. The Bertz CT molecular complexity index is 389. The van der Waals surface area contributed by atoms with Crippen molar-refractivity contribution in [2.75, 3.05) is 11.9 Å². The quantitative estimate of drug-likeness (QED) is 0.830. The van der Waals surface area contributed by atoms with E-state index in [2.05, 4.69) is 10.1 Å². The summed E-state index contributed by atoms with van der Waals surface area (Å²) in [5.74, 6) is 0. The first-order chi connectivity index (χ1) is 9.10. The van der Waals surface area contributed by atoms with Gasteiger partial charge in [-0.1, -0.05) is 18.2 Å². The molecule has 0 amide bonds. The standard InChI is InChI=1S/C12H13F6NO/c1-8(7-19-9-5-3-2-4-6-9)20-10(11(13,14)15)12(16,17)18/h2-6,8,10,19H,7H2,1H3. The first-order valence-electron chi connectivity index (χ1n) is 5.68. The molecule has 2 nitrogen and oxygen atoms in total. The molecule has 0 bridgehead atoms. The Morgan fingerprint density at radius 1 is 1.00 bits per heavy atom. The molecule has 0 aliphatic rings. The molecule has 1 aromatic carbocycles. The second-order valence-electron chi connectivity index (χ2n) is 4.16. The summed E-state index contributed by atoms with van der Waals surface area (Å²) in [6.07, 6.45) is -16.0. The van der Waals surface area contributed by atoms with E-state index in [1.165, 1.54) is 0 Å². The molecule has 1 aromatic rings. The Morgan fingerprint density at radius 3 is 1.95 bits per heavy atom. The van der Waals surface area contributed by atoms with Crippen LogP contribution in [0.3, 0.4) is 0 Å². The summed E-state index contributed by atoms with van der Waals surface area (Å²) < 4.78 is 77.7. The fourth-order valence-corrected chi connectivity index (χ4v) is 1.44. The van der Waals surface area contributed by atoms with Gasteiger partial charge in [-0.15, -0.1) is 0 Å². The summed E-state index contributed by atoms with van der Waals surface area (Å²) in [6, 6.07) is 8.37. The van der Waals surface area contributed by atoms with Gasteiger partial charge in [-0.2, -0.15) is 26.3 Å². The Hall–Kier alpha value is -1.44. The lowest BCUT2D eigenvalue weighted by atomic mass is 10.3. The van der Waals surface area contributed by atoms with Crippen LogP contribution >= 0.6 is 0 Å². The lowest BCUT2D eigenvalue weighted by molar-refractivity contribution is -0.328. The van der Waals surface area contributed by atoms with Crippen LogP contribution in [0.25, 0.3) is 0 Å². The van der Waals surface area contributed by atoms with E-state index < -0.39 is 24.6 Å². The van der Waals surface area contributed by atoms with Gasteiger partial charge in [0, 0.05) is 12.2 Å². The summed E-state index contributed by atoms with van der Waals surface area (Å²) in [6.45, 7) is 0.965. The second kappa shape index (κ2) is 6.34. The van der Waals surface area contributed by atoms with E-state index in [-0.39, 0.29) is 6.54 Å². The van der Waals surface area contributed by atoms with Crippen LogP contribution in [0.15, 0.2) is 30.3 Å². The highest BCUT2D eigenvalue weighted by molar-refractivity contribution is 5.42. The van der Waals surface area contributed by atoms with Crippen molar-refractivity contribution >= 4 is 5.69 Å². The van der Waals surface area contributed by atoms with Crippen LogP contribution in [-0.2, 0) is 4.74 Å². The van der Waals surface area contributed by atoms with Gasteiger partial charge in [-0.25, -0.2) is 0 Å². The molecule has 0 aliphatic heterocycles. The third-order valence-corrected chi connectivity index (χ3v) is 2.33. The number of ether oxygens (including phenoxy) is 1. The second-order valence-corrected chi connectivity index (χ2v) is 4.16. The molecule has 0 radical (unpaired) electrons. The lowest BCUT2D eigenvalue weighted by Gasteiger charge is -2.26. The highest BCUT2D eigenvalue weighted by Crippen LogP contribution is 2.36. The van der Waals surface area contributed by atoms with Crippen LogP contribution in [0.5, 0.6) is 0 Å². The van der Waals surface area contributed by atoms with E-state index in [0.717, 1.165) is 6.92 Å². The number of para-hydroxylation sites is 1. The van der Waals surface area contributed by atoms with Gasteiger partial charge in [0.2, 0.25) is 6.10 Å². The molecule has 114 valence electrons. The van der Waals surface area contributed by atoms with Crippen LogP contribution in [0.1, 0.15) is 6.92 Å². The van der Waals surface area contributed by atoms with E-state index in [4.69, 9.17) is 0 Å². The molecular weight excluding hydrogens is 288 g/mol. The molecule has 0 spiro atoms. The Morgan fingerprint density at radius 2 is 1.50 bits per heavy atom. The maximum absolute atomic E-state index is 12.3. The zero-order chi connectivity index (χ0) is 15.4. The predicted octanol–water partition coefficient (Wildman–Crippen LogP) is 4.00. The largest absolute Gasteiger partial charge is 0.423 e. The Kier molecular flexibility index (Phi) is 5.27. The maximum Gasteiger partial charge on any atom is 0.423 e. The van der Waals surface area contributed by atoms with E-state index in [1.54, 1.807) is 30.3 Å². The van der Waals surface area contributed by atoms with Crippen LogP contribution in [0.4, 0.5) is 32.0 Å². The highest BCUT2D eigenvalue weighted by Gasteiger charge is 2.58. The fourth-order valence-electron chi connectivity index (χ4n) is 1.44. The number of rotatable bonds is 5. The van der Waals surface area contributed by atoms with Crippen molar-refractivity contribution in [3.8, 4) is 0 Å². The normalized spacial score (nSPS) is 14.4. The zero-order valence-electron chi connectivity index (χ0n) is 10.4. The lowest BCUT2D eigenvalue weighted by Crippen LogP contribution is -2.46. The monoisotopic (exact) mass is 301 g/mol. The third-order valence-electron chi connectivity index (χ3n) is 2.33. The minimum atomic E-state index is -5.49. The molecule has 8 heteroatoms. The molecule has 0 heterocycles. The summed E-state index contributed by atoms with van der Waals surface area (Å²) >= 11 is 0. The minimum absolute atomic E-state index is 0.174. The van der Waals surface area contributed by atoms with Crippen molar-refractivity contribution in [2.45, 2.75) is 31.5 Å². The summed E-state index contributed by atoms with van der Waals surface area (Å²) in [7, 11) is 0. The molecule has 0 fully saturated rings. The van der Waals surface area contributed by atoms with Crippen molar-refractivity contribution in [3.05, 3.63) is 30.3 Å². The summed E-state index contributed by atoms with van der Waals surface area (Å²) in [5, 5.41) is 2.69. The molecule has 20 heavy (non-hydrogen) atoms. The van der Waals surface area contributed by atoms with Gasteiger partial charge in [0.05, 0.1) is 6.10 Å². The molecular formula is C12H13F6NO. The van der Waals surface area contributed by atoms with E-state index in [9.17, 15) is 26.3 Å². The van der Waals surface area contributed by atoms with Gasteiger partial charge in [0.25, 0.3) is 0 Å². The number of anilines is 1. The first kappa shape index (κ1) is 16.6. The Balaban J connectivity index is 2.57. The average Bonchev–Trinajstić information content (AvgIpc) is 2.32. The topological polar surface area (TPSA) is 21.3 Å². The Labute approximate surface area is 111 Å². The average molecular weight is 301 g/mol. The molecule has 0 aliphatic carbocycles. The van der Waals surface area contributed by atoms with Crippen LogP contribution in [0.2, 0.25) is 0 Å². The maximum atomic E-state index is 12.3. The third kappa shape index (κ3) is 5.28. The van der Waals surface area contributed by atoms with Gasteiger partial charge < -0.3 is 10.1 Å².